The summed E-state index contributed by atoms with van der Waals surface area (Å²) in [7, 11) is 1.85. The number of carbonyl (C=O) groups excluding carboxylic acids is 2. The van der Waals surface area contributed by atoms with Gasteiger partial charge in [0.15, 0.2) is 0 Å². The molecule has 0 atom stereocenters. The van der Waals surface area contributed by atoms with Gasteiger partial charge in [0.2, 0.25) is 5.91 Å². The number of aryl methyl sites for hydroxylation is 2. The van der Waals surface area contributed by atoms with E-state index in [1.165, 1.54) is 6.42 Å². The van der Waals surface area contributed by atoms with Crippen LogP contribution in [0.2, 0.25) is 0 Å². The predicted octanol–water partition coefficient (Wildman–Crippen LogP) is 1.68. The summed E-state index contributed by atoms with van der Waals surface area (Å²) < 4.78 is 3.78. The van der Waals surface area contributed by atoms with E-state index < -0.39 is 0 Å². The van der Waals surface area contributed by atoms with Crippen molar-refractivity contribution >= 4 is 11.8 Å². The van der Waals surface area contributed by atoms with E-state index in [2.05, 4.69) is 10.4 Å². The molecule has 1 aliphatic heterocycles. The summed E-state index contributed by atoms with van der Waals surface area (Å²) in [6, 6.07) is 5.65. The maximum atomic E-state index is 12.6. The zero-order valence-corrected chi connectivity index (χ0v) is 15.1. The molecule has 0 aromatic carbocycles. The van der Waals surface area contributed by atoms with Gasteiger partial charge in [0.05, 0.1) is 24.5 Å². The van der Waals surface area contributed by atoms with Crippen LogP contribution < -0.4 is 5.32 Å². The number of hydrogen-bond acceptors (Lipinski definition) is 3. The van der Waals surface area contributed by atoms with Gasteiger partial charge in [0.25, 0.3) is 5.91 Å². The van der Waals surface area contributed by atoms with Crippen molar-refractivity contribution in [2.24, 2.45) is 13.0 Å². The fraction of sp³-hybridized carbons (Fsp3) is 0.526. The van der Waals surface area contributed by atoms with Gasteiger partial charge in [0.1, 0.15) is 5.69 Å². The topological polar surface area (TPSA) is 72.2 Å². The number of rotatable bonds is 4. The zero-order valence-electron chi connectivity index (χ0n) is 15.1. The number of hydrogen-bond donors (Lipinski definition) is 1. The molecule has 3 heterocycles. The Labute approximate surface area is 153 Å². The van der Waals surface area contributed by atoms with Crippen molar-refractivity contribution in [1.82, 2.24) is 24.6 Å². The van der Waals surface area contributed by atoms with Crippen LogP contribution in [0.5, 0.6) is 0 Å². The van der Waals surface area contributed by atoms with Crippen LogP contribution in [-0.2, 0) is 31.5 Å². The molecule has 0 radical (unpaired) electrons. The van der Waals surface area contributed by atoms with Crippen LogP contribution in [0.25, 0.3) is 0 Å². The van der Waals surface area contributed by atoms with Crippen LogP contribution >= 0.6 is 0 Å². The summed E-state index contributed by atoms with van der Waals surface area (Å²) in [6.45, 7) is 2.63. The molecular formula is C19H25N5O2. The minimum atomic E-state index is -0.109. The molecule has 2 aliphatic rings. The van der Waals surface area contributed by atoms with Crippen molar-refractivity contribution in [2.45, 2.75) is 45.3 Å². The number of aromatic nitrogens is 3. The van der Waals surface area contributed by atoms with Crippen molar-refractivity contribution in [3.63, 3.8) is 0 Å². The molecule has 1 N–H and O–H groups in total. The van der Waals surface area contributed by atoms with E-state index >= 15 is 0 Å². The maximum absolute atomic E-state index is 12.6. The fourth-order valence-corrected chi connectivity index (χ4v) is 3.67. The minimum Gasteiger partial charge on any atom is -0.347 e. The lowest BCUT2D eigenvalue weighted by Crippen LogP contribution is -2.38. The van der Waals surface area contributed by atoms with E-state index in [0.29, 0.717) is 24.7 Å². The van der Waals surface area contributed by atoms with Crippen molar-refractivity contribution in [1.29, 1.82) is 0 Å². The molecule has 1 saturated carbocycles. The van der Waals surface area contributed by atoms with Crippen molar-refractivity contribution in [2.75, 3.05) is 6.54 Å². The number of amides is 2. The average Bonchev–Trinajstić information content (AvgIpc) is 3.11. The van der Waals surface area contributed by atoms with Crippen molar-refractivity contribution < 1.29 is 9.59 Å². The second kappa shape index (κ2) is 6.97. The Hall–Kier alpha value is -2.57. The molecule has 2 aromatic heterocycles. The maximum Gasteiger partial charge on any atom is 0.268 e. The van der Waals surface area contributed by atoms with Gasteiger partial charge in [-0.3, -0.25) is 14.3 Å². The molecule has 26 heavy (non-hydrogen) atoms. The summed E-state index contributed by atoms with van der Waals surface area (Å²) in [4.78, 5) is 26.8. The molecule has 0 unspecified atom stereocenters. The summed E-state index contributed by atoms with van der Waals surface area (Å²) in [6.07, 6.45) is 6.01. The molecule has 0 saturated heterocycles. The van der Waals surface area contributed by atoms with Gasteiger partial charge in [-0.2, -0.15) is 5.10 Å². The first-order valence-electron chi connectivity index (χ1n) is 9.36. The lowest BCUT2D eigenvalue weighted by molar-refractivity contribution is -0.138. The molecular weight excluding hydrogens is 330 g/mol. The van der Waals surface area contributed by atoms with E-state index in [1.54, 1.807) is 10.6 Å². The van der Waals surface area contributed by atoms with Crippen molar-refractivity contribution in [3.8, 4) is 0 Å². The zero-order chi connectivity index (χ0) is 18.1. The number of nitrogens with one attached hydrogen (secondary N) is 1. The van der Waals surface area contributed by atoms with Crippen LogP contribution in [0.1, 0.15) is 47.6 Å². The molecule has 2 amide bonds. The summed E-state index contributed by atoms with van der Waals surface area (Å²) in [5, 5.41) is 7.54. The van der Waals surface area contributed by atoms with Crippen LogP contribution in [-0.4, -0.2) is 37.6 Å². The van der Waals surface area contributed by atoms with Gasteiger partial charge in [-0.25, -0.2) is 0 Å². The Bertz CT molecular complexity index is 818. The molecule has 138 valence electrons. The highest BCUT2D eigenvalue weighted by Crippen LogP contribution is 2.29. The van der Waals surface area contributed by atoms with Crippen LogP contribution in [0.4, 0.5) is 0 Å². The normalized spacial score (nSPS) is 17.3. The lowest BCUT2D eigenvalue weighted by atomic mass is 9.84. The molecule has 1 fully saturated rings. The Morgan fingerprint density at radius 3 is 2.81 bits per heavy atom. The molecule has 0 bridgehead atoms. The second-order valence-corrected chi connectivity index (χ2v) is 7.28. The van der Waals surface area contributed by atoms with E-state index in [-0.39, 0.29) is 11.8 Å². The first kappa shape index (κ1) is 16.9. The third-order valence-corrected chi connectivity index (χ3v) is 5.44. The third-order valence-electron chi connectivity index (χ3n) is 5.44. The van der Waals surface area contributed by atoms with Crippen LogP contribution in [0.15, 0.2) is 24.4 Å². The highest BCUT2D eigenvalue weighted by molar-refractivity contribution is 5.92. The van der Waals surface area contributed by atoms with Gasteiger partial charge in [-0.15, -0.1) is 0 Å². The average molecular weight is 355 g/mol. The number of fused-ring (bicyclic) bond motifs is 1. The lowest BCUT2D eigenvalue weighted by Gasteiger charge is -2.30. The van der Waals surface area contributed by atoms with Gasteiger partial charge >= 0.3 is 0 Å². The third kappa shape index (κ3) is 3.25. The SMILES string of the molecule is Cn1cccc1C(=O)NCc1cc2n(n1)CCCN(C(=O)C1CCC1)C2. The first-order valence-corrected chi connectivity index (χ1v) is 9.36. The standard InChI is InChI=1S/C19H25N5O2/c1-22-8-3-7-17(22)18(25)20-12-15-11-16-13-23(9-4-10-24(16)21-15)19(26)14-5-2-6-14/h3,7-8,11,14H,2,4-6,9-10,12-13H2,1H3,(H,20,25). The number of carbonyl (C=O) groups is 2. The summed E-state index contributed by atoms with van der Waals surface area (Å²) in [5.74, 6) is 0.417. The highest BCUT2D eigenvalue weighted by Gasteiger charge is 2.30. The Balaban J connectivity index is 1.40. The molecule has 7 nitrogen and oxygen atoms in total. The predicted molar refractivity (Wildman–Crippen MR) is 96.2 cm³/mol. The second-order valence-electron chi connectivity index (χ2n) is 7.28. The van der Waals surface area contributed by atoms with Crippen LogP contribution in [0.3, 0.4) is 0 Å². The Kier molecular flexibility index (Phi) is 4.53. The van der Waals surface area contributed by atoms with Gasteiger partial charge in [0, 0.05) is 32.3 Å². The molecule has 0 spiro atoms. The fourth-order valence-electron chi connectivity index (χ4n) is 3.67. The van der Waals surface area contributed by atoms with Gasteiger partial charge in [-0.1, -0.05) is 6.42 Å². The first-order chi connectivity index (χ1) is 12.6. The molecule has 1 aliphatic carbocycles. The highest BCUT2D eigenvalue weighted by atomic mass is 16.2. The van der Waals surface area contributed by atoms with E-state index in [4.69, 9.17) is 0 Å². The summed E-state index contributed by atoms with van der Waals surface area (Å²) in [5.41, 5.74) is 2.52. The van der Waals surface area contributed by atoms with E-state index in [0.717, 1.165) is 43.7 Å². The van der Waals surface area contributed by atoms with E-state index in [9.17, 15) is 9.59 Å². The smallest absolute Gasteiger partial charge is 0.268 e. The van der Waals surface area contributed by atoms with E-state index in [1.807, 2.05) is 35.0 Å². The molecule has 7 heteroatoms. The van der Waals surface area contributed by atoms with Gasteiger partial charge in [-0.05, 0) is 37.5 Å². The quantitative estimate of drug-likeness (QED) is 0.907. The van der Waals surface area contributed by atoms with Crippen molar-refractivity contribution in [3.05, 3.63) is 41.5 Å². The Morgan fingerprint density at radius 1 is 1.27 bits per heavy atom. The number of nitrogens with zero attached hydrogens (tertiary/aromatic N) is 4. The molecule has 4 rings (SSSR count). The largest absolute Gasteiger partial charge is 0.347 e. The minimum absolute atomic E-state index is 0.109. The Morgan fingerprint density at radius 2 is 2.12 bits per heavy atom. The summed E-state index contributed by atoms with van der Waals surface area (Å²) >= 11 is 0. The molecule has 2 aromatic rings. The monoisotopic (exact) mass is 355 g/mol. The van der Waals surface area contributed by atoms with Gasteiger partial charge < -0.3 is 14.8 Å². The van der Waals surface area contributed by atoms with Crippen LogP contribution in [0, 0.1) is 5.92 Å².